The largest absolute Gasteiger partial charge is 0.477 e. The summed E-state index contributed by atoms with van der Waals surface area (Å²) in [5, 5.41) is 19.5. The average Bonchev–Trinajstić information content (AvgIpc) is 3.05. The molecule has 1 aromatic carbocycles. The minimum absolute atomic E-state index is 0.0312. The number of aromatic nitrogens is 1. The third kappa shape index (κ3) is 2.39. The first-order valence-corrected chi connectivity index (χ1v) is 9.55. The molecule has 2 N–H and O–H groups in total. The van der Waals surface area contributed by atoms with Gasteiger partial charge in [0.2, 0.25) is 5.91 Å². The third-order valence-corrected chi connectivity index (χ3v) is 7.16. The van der Waals surface area contributed by atoms with E-state index in [9.17, 15) is 19.8 Å². The molecule has 1 fully saturated rings. The van der Waals surface area contributed by atoms with Gasteiger partial charge in [-0.3, -0.25) is 4.79 Å². The van der Waals surface area contributed by atoms with Crippen LogP contribution in [0.25, 0.3) is 10.2 Å². The Morgan fingerprint density at radius 2 is 2.12 bits per heavy atom. The molecule has 1 amide bonds. The maximum atomic E-state index is 12.3. The molecule has 8 heteroatoms. The molecule has 0 bridgehead atoms. The van der Waals surface area contributed by atoms with Crippen LogP contribution >= 0.6 is 23.1 Å². The molecule has 130 valence electrons. The van der Waals surface area contributed by atoms with Gasteiger partial charge in [0.05, 0.1) is 28.3 Å². The fourth-order valence-electron chi connectivity index (χ4n) is 3.65. The molecule has 2 aliphatic heterocycles. The second-order valence-corrected chi connectivity index (χ2v) is 8.64. The molecule has 0 spiro atoms. The number of β-lactam (4-membered cyclic amide) rings is 1. The monoisotopic (exact) mass is 376 g/mol. The first-order valence-electron chi connectivity index (χ1n) is 7.92. The maximum Gasteiger partial charge on any atom is 0.353 e. The maximum absolute atomic E-state index is 12.3. The number of rotatable bonds is 4. The summed E-state index contributed by atoms with van der Waals surface area (Å²) in [6, 6.07) is 7.44. The molecule has 0 unspecified atom stereocenters. The number of nitrogens with zero attached hydrogens (tertiary/aromatic N) is 2. The zero-order valence-corrected chi connectivity index (χ0v) is 15.2. The van der Waals surface area contributed by atoms with Crippen LogP contribution in [0.1, 0.15) is 13.8 Å². The predicted octanol–water partition coefficient (Wildman–Crippen LogP) is 2.54. The highest BCUT2D eigenvalue weighted by atomic mass is 32.2. The van der Waals surface area contributed by atoms with E-state index in [0.29, 0.717) is 4.91 Å². The molecule has 1 aromatic heterocycles. The van der Waals surface area contributed by atoms with Crippen molar-refractivity contribution in [3.8, 4) is 0 Å². The minimum Gasteiger partial charge on any atom is -0.477 e. The summed E-state index contributed by atoms with van der Waals surface area (Å²) < 4.78 is 1.79. The van der Waals surface area contributed by atoms with E-state index >= 15 is 0 Å². The molecule has 25 heavy (non-hydrogen) atoms. The smallest absolute Gasteiger partial charge is 0.353 e. The van der Waals surface area contributed by atoms with E-state index in [1.807, 2.05) is 31.2 Å². The number of carboxylic acids is 1. The summed E-state index contributed by atoms with van der Waals surface area (Å²) in [4.78, 5) is 30.6. The first kappa shape index (κ1) is 16.6. The van der Waals surface area contributed by atoms with Crippen LogP contribution in [0.2, 0.25) is 0 Å². The van der Waals surface area contributed by atoms with Gasteiger partial charge in [0, 0.05) is 10.8 Å². The number of thiazole rings is 1. The average molecular weight is 376 g/mol. The number of hydrogen-bond acceptors (Lipinski definition) is 6. The van der Waals surface area contributed by atoms with Crippen LogP contribution in [0, 0.1) is 11.8 Å². The number of carbonyl (C=O) groups excluding carboxylic acids is 1. The quantitative estimate of drug-likeness (QED) is 0.797. The number of aliphatic carboxylic acids is 1. The Labute approximate surface area is 152 Å². The lowest BCUT2D eigenvalue weighted by Gasteiger charge is -2.46. The molecule has 2 aromatic rings. The standard InChI is InChI=1S/C17H16N2O4S2/c1-7-12-11(8(2)20)15(21)19(12)13(16(22)23)14(7)25-17-18-9-5-3-4-6-10(9)24-17/h3-8,11-12,20H,1-2H3,(H,22,23)/t7-,8-,11-,12-/m1/s1. The Morgan fingerprint density at radius 1 is 1.40 bits per heavy atom. The van der Waals surface area contributed by atoms with Crippen LogP contribution in [-0.4, -0.2) is 44.1 Å². The van der Waals surface area contributed by atoms with Gasteiger partial charge in [-0.15, -0.1) is 11.3 Å². The van der Waals surface area contributed by atoms with E-state index in [0.717, 1.165) is 14.6 Å². The van der Waals surface area contributed by atoms with Crippen molar-refractivity contribution in [3.05, 3.63) is 34.9 Å². The molecule has 0 aliphatic carbocycles. The molecule has 4 atom stereocenters. The van der Waals surface area contributed by atoms with Gasteiger partial charge in [-0.05, 0) is 19.1 Å². The van der Waals surface area contributed by atoms with E-state index < -0.39 is 18.0 Å². The fourth-order valence-corrected chi connectivity index (χ4v) is 5.99. The van der Waals surface area contributed by atoms with Crippen molar-refractivity contribution in [2.24, 2.45) is 11.8 Å². The van der Waals surface area contributed by atoms with Gasteiger partial charge in [-0.25, -0.2) is 9.78 Å². The number of fused-ring (bicyclic) bond motifs is 2. The second-order valence-electron chi connectivity index (χ2n) is 6.32. The van der Waals surface area contributed by atoms with Gasteiger partial charge in [0.1, 0.15) is 5.70 Å². The van der Waals surface area contributed by atoms with Crippen LogP contribution in [0.15, 0.2) is 39.2 Å². The van der Waals surface area contributed by atoms with Crippen LogP contribution < -0.4 is 0 Å². The summed E-state index contributed by atoms with van der Waals surface area (Å²) in [6.07, 6.45) is -0.793. The van der Waals surface area contributed by atoms with E-state index in [-0.39, 0.29) is 23.6 Å². The Bertz CT molecular complexity index is 887. The molecule has 1 saturated heterocycles. The van der Waals surface area contributed by atoms with Gasteiger partial charge in [-0.1, -0.05) is 30.8 Å². The highest BCUT2D eigenvalue weighted by molar-refractivity contribution is 8.04. The molecular weight excluding hydrogens is 360 g/mol. The van der Waals surface area contributed by atoms with Crippen LogP contribution in [0.5, 0.6) is 0 Å². The molecule has 4 rings (SSSR count). The Morgan fingerprint density at radius 3 is 2.76 bits per heavy atom. The van der Waals surface area contributed by atoms with Crippen molar-refractivity contribution in [3.63, 3.8) is 0 Å². The molecule has 3 heterocycles. The first-order chi connectivity index (χ1) is 11.9. The molecule has 2 aliphatic rings. The number of hydrogen-bond donors (Lipinski definition) is 2. The van der Waals surface area contributed by atoms with E-state index in [4.69, 9.17) is 0 Å². The van der Waals surface area contributed by atoms with E-state index in [1.165, 1.54) is 28.0 Å². The summed E-state index contributed by atoms with van der Waals surface area (Å²) in [5.41, 5.74) is 0.906. The number of benzene rings is 1. The predicted molar refractivity (Wildman–Crippen MR) is 95.1 cm³/mol. The molecule has 6 nitrogen and oxygen atoms in total. The van der Waals surface area contributed by atoms with Crippen molar-refractivity contribution in [1.82, 2.24) is 9.88 Å². The lowest BCUT2D eigenvalue weighted by Crippen LogP contribution is -2.63. The number of aliphatic hydroxyl groups is 1. The lowest BCUT2D eigenvalue weighted by molar-refractivity contribution is -0.163. The topological polar surface area (TPSA) is 90.7 Å². The number of para-hydroxylation sites is 1. The summed E-state index contributed by atoms with van der Waals surface area (Å²) in [5.74, 6) is -2.13. The number of aliphatic hydroxyl groups excluding tert-OH is 1. The summed E-state index contributed by atoms with van der Waals surface area (Å²) in [7, 11) is 0. The fraction of sp³-hybridized carbons (Fsp3) is 0.353. The van der Waals surface area contributed by atoms with E-state index in [2.05, 4.69) is 4.98 Å². The number of amides is 1. The van der Waals surface area contributed by atoms with Crippen LogP contribution in [-0.2, 0) is 9.59 Å². The highest BCUT2D eigenvalue weighted by Gasteiger charge is 2.60. The number of thioether (sulfide) groups is 1. The summed E-state index contributed by atoms with van der Waals surface area (Å²) >= 11 is 2.82. The number of carbonyl (C=O) groups is 2. The van der Waals surface area contributed by atoms with Gasteiger partial charge in [0.15, 0.2) is 4.34 Å². The third-order valence-electron chi connectivity index (χ3n) is 4.78. The highest BCUT2D eigenvalue weighted by Crippen LogP contribution is 2.52. The van der Waals surface area contributed by atoms with Crippen molar-refractivity contribution in [2.45, 2.75) is 30.3 Å². The molecule has 0 saturated carbocycles. The normalized spacial score (nSPS) is 26.8. The zero-order valence-electron chi connectivity index (χ0n) is 13.5. The van der Waals surface area contributed by atoms with Crippen LogP contribution in [0.4, 0.5) is 0 Å². The second kappa shape index (κ2) is 5.82. The van der Waals surface area contributed by atoms with Crippen molar-refractivity contribution >= 4 is 45.2 Å². The van der Waals surface area contributed by atoms with Crippen LogP contribution in [0.3, 0.4) is 0 Å². The zero-order chi connectivity index (χ0) is 17.9. The molecular formula is C17H16N2O4S2. The minimum atomic E-state index is -1.12. The Balaban J connectivity index is 1.72. The van der Waals surface area contributed by atoms with Gasteiger partial charge in [-0.2, -0.15) is 0 Å². The Kier molecular flexibility index (Phi) is 3.86. The summed E-state index contributed by atoms with van der Waals surface area (Å²) in [6.45, 7) is 3.48. The lowest BCUT2D eigenvalue weighted by atomic mass is 9.79. The SMILES string of the molecule is C[C@@H](O)[C@H]1C(=O)N2C(C(=O)O)=C(Sc3nc4ccccc4s3)[C@H](C)[C@H]12. The number of carboxylic acid groups (broad SMARTS) is 1. The molecule has 0 radical (unpaired) electrons. The van der Waals surface area contributed by atoms with Gasteiger partial charge >= 0.3 is 5.97 Å². The van der Waals surface area contributed by atoms with Crippen molar-refractivity contribution in [1.29, 1.82) is 0 Å². The van der Waals surface area contributed by atoms with Crippen molar-refractivity contribution < 1.29 is 19.8 Å². The van der Waals surface area contributed by atoms with Crippen molar-refractivity contribution in [2.75, 3.05) is 0 Å². The van der Waals surface area contributed by atoms with Gasteiger partial charge < -0.3 is 15.1 Å². The van der Waals surface area contributed by atoms with Gasteiger partial charge in [0.25, 0.3) is 0 Å². The van der Waals surface area contributed by atoms with E-state index in [1.54, 1.807) is 6.92 Å². The Hall–Kier alpha value is -1.90.